The molecule has 0 saturated carbocycles. The minimum atomic E-state index is -1.15. The Hall–Kier alpha value is -2.67. The highest BCUT2D eigenvalue weighted by atomic mass is 35.5. The lowest BCUT2D eigenvalue weighted by Crippen LogP contribution is -2.24. The zero-order chi connectivity index (χ0) is 17.1. The van der Waals surface area contributed by atoms with E-state index in [4.69, 9.17) is 30.6 Å². The number of ether oxygens (including phenoxy) is 2. The summed E-state index contributed by atoms with van der Waals surface area (Å²) in [5, 5.41) is 11.8. The number of carbonyl (C=O) groups excluding carboxylic acids is 1. The number of rotatable bonds is 5. The fourth-order valence-electron chi connectivity index (χ4n) is 2.29. The van der Waals surface area contributed by atoms with Crippen molar-refractivity contribution in [1.29, 1.82) is 0 Å². The normalized spacial score (nSPS) is 12.7. The first kappa shape index (κ1) is 16.2. The number of amides is 1. The second-order valence-corrected chi connectivity index (χ2v) is 5.53. The van der Waals surface area contributed by atoms with E-state index in [1.54, 1.807) is 12.1 Å². The van der Waals surface area contributed by atoms with Crippen LogP contribution in [0, 0.1) is 0 Å². The minimum Gasteiger partial charge on any atom is -0.486 e. The summed E-state index contributed by atoms with van der Waals surface area (Å²) in [6.07, 6.45) is 0.100. The monoisotopic (exact) mass is 351 g/mol. The van der Waals surface area contributed by atoms with Gasteiger partial charge >= 0.3 is 5.97 Å². The van der Waals surface area contributed by atoms with E-state index in [9.17, 15) is 9.59 Å². The molecule has 3 rings (SSSR count). The SMILES string of the molecule is O=C(Cc1cc(Cl)c2c(c1)OCCO2)NCc1ccc(C(=O)O)o1. The number of carboxylic acid groups (broad SMARTS) is 1. The van der Waals surface area contributed by atoms with E-state index in [0.29, 0.717) is 41.1 Å². The maximum atomic E-state index is 12.0. The number of benzene rings is 1. The Labute approximate surface area is 142 Å². The number of hydrogen-bond acceptors (Lipinski definition) is 5. The lowest BCUT2D eigenvalue weighted by molar-refractivity contribution is -0.120. The van der Waals surface area contributed by atoms with Crippen LogP contribution < -0.4 is 14.8 Å². The molecule has 126 valence electrons. The third-order valence-electron chi connectivity index (χ3n) is 3.35. The van der Waals surface area contributed by atoms with E-state index in [0.717, 1.165) is 0 Å². The highest BCUT2D eigenvalue weighted by Crippen LogP contribution is 2.38. The topological polar surface area (TPSA) is 98.0 Å². The van der Waals surface area contributed by atoms with Crippen molar-refractivity contribution in [2.24, 2.45) is 0 Å². The lowest BCUT2D eigenvalue weighted by atomic mass is 10.1. The molecule has 0 saturated heterocycles. The molecule has 0 atom stereocenters. The third kappa shape index (κ3) is 3.62. The highest BCUT2D eigenvalue weighted by molar-refractivity contribution is 6.32. The van der Waals surface area contributed by atoms with Crippen LogP contribution in [-0.4, -0.2) is 30.2 Å². The van der Waals surface area contributed by atoms with Crippen LogP contribution in [0.2, 0.25) is 5.02 Å². The molecule has 0 unspecified atom stereocenters. The Morgan fingerprint density at radius 3 is 2.75 bits per heavy atom. The van der Waals surface area contributed by atoms with Gasteiger partial charge in [-0.25, -0.2) is 4.79 Å². The number of aromatic carboxylic acids is 1. The van der Waals surface area contributed by atoms with Gasteiger partial charge in [-0.05, 0) is 29.8 Å². The number of hydrogen-bond donors (Lipinski definition) is 2. The molecule has 0 radical (unpaired) electrons. The van der Waals surface area contributed by atoms with Crippen LogP contribution in [0.3, 0.4) is 0 Å². The zero-order valence-corrected chi connectivity index (χ0v) is 13.3. The molecule has 1 aromatic heterocycles. The summed E-state index contributed by atoms with van der Waals surface area (Å²) >= 11 is 6.13. The summed E-state index contributed by atoms with van der Waals surface area (Å²) in [6.45, 7) is 0.974. The fraction of sp³-hybridized carbons (Fsp3) is 0.250. The Morgan fingerprint density at radius 1 is 1.21 bits per heavy atom. The first-order valence-electron chi connectivity index (χ1n) is 7.19. The van der Waals surface area contributed by atoms with Crippen LogP contribution >= 0.6 is 11.6 Å². The summed E-state index contributed by atoms with van der Waals surface area (Å²) in [6, 6.07) is 6.22. The molecule has 0 bridgehead atoms. The smallest absolute Gasteiger partial charge is 0.371 e. The molecule has 2 aromatic rings. The van der Waals surface area contributed by atoms with Crippen molar-refractivity contribution in [2.75, 3.05) is 13.2 Å². The molecule has 2 N–H and O–H groups in total. The average Bonchev–Trinajstić information content (AvgIpc) is 3.02. The van der Waals surface area contributed by atoms with Gasteiger partial charge in [0.25, 0.3) is 0 Å². The van der Waals surface area contributed by atoms with Crippen LogP contribution in [0.1, 0.15) is 21.9 Å². The van der Waals surface area contributed by atoms with Crippen molar-refractivity contribution in [3.63, 3.8) is 0 Å². The molecule has 0 aliphatic carbocycles. The molecular formula is C16H14ClNO6. The van der Waals surface area contributed by atoms with Gasteiger partial charge in [-0.15, -0.1) is 0 Å². The van der Waals surface area contributed by atoms with E-state index in [2.05, 4.69) is 5.32 Å². The standard InChI is InChI=1S/C16H14ClNO6/c17-11-5-9(6-13-15(11)23-4-3-22-13)7-14(19)18-8-10-1-2-12(24-10)16(20)21/h1-2,5-6H,3-4,7-8H2,(H,18,19)(H,20,21). The van der Waals surface area contributed by atoms with Gasteiger partial charge in [-0.3, -0.25) is 4.79 Å². The summed E-state index contributed by atoms with van der Waals surface area (Å²) in [7, 11) is 0. The Kier molecular flexibility index (Phi) is 4.61. The van der Waals surface area contributed by atoms with Gasteiger partial charge in [0.05, 0.1) is 18.0 Å². The molecule has 7 nitrogen and oxygen atoms in total. The summed E-state index contributed by atoms with van der Waals surface area (Å²) in [4.78, 5) is 22.7. The van der Waals surface area contributed by atoms with Crippen LogP contribution in [0.25, 0.3) is 0 Å². The molecule has 1 aliphatic rings. The van der Waals surface area contributed by atoms with Gasteiger partial charge < -0.3 is 24.3 Å². The van der Waals surface area contributed by atoms with Gasteiger partial charge in [-0.2, -0.15) is 0 Å². The molecule has 2 heterocycles. The Balaban J connectivity index is 1.60. The third-order valence-corrected chi connectivity index (χ3v) is 3.63. The summed E-state index contributed by atoms with van der Waals surface area (Å²) in [5.41, 5.74) is 0.687. The van der Waals surface area contributed by atoms with Gasteiger partial charge in [0.1, 0.15) is 19.0 Å². The first-order chi connectivity index (χ1) is 11.5. The molecule has 24 heavy (non-hydrogen) atoms. The van der Waals surface area contributed by atoms with Gasteiger partial charge in [0.15, 0.2) is 11.5 Å². The number of carboxylic acids is 1. The van der Waals surface area contributed by atoms with Crippen LogP contribution in [-0.2, 0) is 17.8 Å². The van der Waals surface area contributed by atoms with Crippen molar-refractivity contribution in [3.8, 4) is 11.5 Å². The maximum Gasteiger partial charge on any atom is 0.371 e. The van der Waals surface area contributed by atoms with Gasteiger partial charge in [0.2, 0.25) is 11.7 Å². The van der Waals surface area contributed by atoms with Gasteiger partial charge in [-0.1, -0.05) is 11.6 Å². The number of halogens is 1. The lowest BCUT2D eigenvalue weighted by Gasteiger charge is -2.20. The number of nitrogens with one attached hydrogen (secondary N) is 1. The average molecular weight is 352 g/mol. The fourth-order valence-corrected chi connectivity index (χ4v) is 2.58. The first-order valence-corrected chi connectivity index (χ1v) is 7.57. The molecule has 0 fully saturated rings. The number of fused-ring (bicyclic) bond motifs is 1. The molecule has 8 heteroatoms. The molecule has 1 amide bonds. The van der Waals surface area contributed by atoms with E-state index in [1.807, 2.05) is 0 Å². The van der Waals surface area contributed by atoms with Crippen molar-refractivity contribution in [2.45, 2.75) is 13.0 Å². The van der Waals surface area contributed by atoms with Crippen molar-refractivity contribution >= 4 is 23.5 Å². The number of carbonyl (C=O) groups is 2. The molecule has 0 spiro atoms. The summed E-state index contributed by atoms with van der Waals surface area (Å²) < 4.78 is 16.0. The number of furan rings is 1. The summed E-state index contributed by atoms with van der Waals surface area (Å²) in [5.74, 6) is -0.203. The minimum absolute atomic E-state index is 0.100. The van der Waals surface area contributed by atoms with Crippen molar-refractivity contribution in [1.82, 2.24) is 5.32 Å². The second-order valence-electron chi connectivity index (χ2n) is 5.13. The predicted octanol–water partition coefficient (Wildman–Crippen LogP) is 2.26. The Morgan fingerprint density at radius 2 is 2.00 bits per heavy atom. The highest BCUT2D eigenvalue weighted by Gasteiger charge is 2.18. The van der Waals surface area contributed by atoms with Crippen LogP contribution in [0.4, 0.5) is 0 Å². The van der Waals surface area contributed by atoms with E-state index in [-0.39, 0.29) is 24.6 Å². The molecule has 1 aromatic carbocycles. The van der Waals surface area contributed by atoms with Crippen molar-refractivity contribution in [3.05, 3.63) is 46.4 Å². The largest absolute Gasteiger partial charge is 0.486 e. The molecule has 1 aliphatic heterocycles. The van der Waals surface area contributed by atoms with Crippen LogP contribution in [0.5, 0.6) is 11.5 Å². The second kappa shape index (κ2) is 6.84. The van der Waals surface area contributed by atoms with E-state index >= 15 is 0 Å². The van der Waals surface area contributed by atoms with Crippen LogP contribution in [0.15, 0.2) is 28.7 Å². The molecular weight excluding hydrogens is 338 g/mol. The van der Waals surface area contributed by atoms with Crippen molar-refractivity contribution < 1.29 is 28.6 Å². The van der Waals surface area contributed by atoms with E-state index < -0.39 is 5.97 Å². The van der Waals surface area contributed by atoms with E-state index in [1.165, 1.54) is 12.1 Å². The quantitative estimate of drug-likeness (QED) is 0.857. The Bertz CT molecular complexity index is 785. The maximum absolute atomic E-state index is 12.0. The zero-order valence-electron chi connectivity index (χ0n) is 12.5. The predicted molar refractivity (Wildman–Crippen MR) is 83.7 cm³/mol. The van der Waals surface area contributed by atoms with Gasteiger partial charge in [0, 0.05) is 0 Å².